The molecule has 1 saturated heterocycles. The van der Waals surface area contributed by atoms with Gasteiger partial charge in [-0.1, -0.05) is 12.1 Å². The minimum Gasteiger partial charge on any atom is -0.295 e. The van der Waals surface area contributed by atoms with Crippen LogP contribution < -0.4 is 10.9 Å². The van der Waals surface area contributed by atoms with E-state index in [0.29, 0.717) is 23.1 Å². The zero-order chi connectivity index (χ0) is 14.3. The molecule has 101 valence electrons. The number of aromatic nitrogens is 2. The highest BCUT2D eigenvalue weighted by Gasteiger charge is 2.30. The number of imide groups is 1. The highest BCUT2D eigenvalue weighted by atomic mass is 16.2. The lowest BCUT2D eigenvalue weighted by atomic mass is 10.1. The fourth-order valence-electron chi connectivity index (χ4n) is 2.48. The van der Waals surface area contributed by atoms with Gasteiger partial charge in [0.25, 0.3) is 5.56 Å². The van der Waals surface area contributed by atoms with Gasteiger partial charge in [-0.05, 0) is 25.5 Å². The number of carbonyl (C=O) groups is 2. The molecule has 1 radical (unpaired) electrons. The van der Waals surface area contributed by atoms with E-state index in [1.165, 1.54) is 4.57 Å². The molecular formula is C14H12N3O3. The molecule has 2 aromatic rings. The van der Waals surface area contributed by atoms with Crippen LogP contribution in [0.15, 0.2) is 23.0 Å². The summed E-state index contributed by atoms with van der Waals surface area (Å²) in [5, 5.41) is 2.60. The van der Waals surface area contributed by atoms with Gasteiger partial charge in [0, 0.05) is 6.42 Å². The number of piperidine rings is 1. The first kappa shape index (κ1) is 12.5. The summed E-state index contributed by atoms with van der Waals surface area (Å²) in [5.74, 6) is -0.308. The monoisotopic (exact) mass is 270 g/mol. The number of rotatable bonds is 1. The Kier molecular flexibility index (Phi) is 2.85. The van der Waals surface area contributed by atoms with E-state index in [1.807, 2.05) is 0 Å². The van der Waals surface area contributed by atoms with E-state index < -0.39 is 11.9 Å². The summed E-state index contributed by atoms with van der Waals surface area (Å²) in [6, 6.07) is 7.29. The van der Waals surface area contributed by atoms with Gasteiger partial charge in [0.15, 0.2) is 0 Å². The van der Waals surface area contributed by atoms with Crippen molar-refractivity contribution in [1.82, 2.24) is 14.9 Å². The van der Waals surface area contributed by atoms with Crippen LogP contribution in [0.2, 0.25) is 0 Å². The molecule has 1 aromatic heterocycles. The quantitative estimate of drug-likeness (QED) is 0.764. The Hall–Kier alpha value is -2.50. The van der Waals surface area contributed by atoms with Crippen molar-refractivity contribution in [2.24, 2.45) is 0 Å². The lowest BCUT2D eigenvalue weighted by Gasteiger charge is -2.24. The van der Waals surface area contributed by atoms with Gasteiger partial charge in [-0.2, -0.15) is 0 Å². The van der Waals surface area contributed by atoms with Crippen LogP contribution >= 0.6 is 0 Å². The molecule has 1 aromatic carbocycles. The third-order valence-corrected chi connectivity index (χ3v) is 3.42. The molecule has 0 saturated carbocycles. The highest BCUT2D eigenvalue weighted by Crippen LogP contribution is 2.19. The Morgan fingerprint density at radius 1 is 1.40 bits per heavy atom. The summed E-state index contributed by atoms with van der Waals surface area (Å²) in [4.78, 5) is 39.9. The van der Waals surface area contributed by atoms with Crippen LogP contribution in [0.5, 0.6) is 0 Å². The van der Waals surface area contributed by atoms with Crippen LogP contribution in [0, 0.1) is 13.0 Å². The number of carbonyl (C=O) groups excluding carboxylic acids is 2. The van der Waals surface area contributed by atoms with Crippen molar-refractivity contribution in [3.8, 4) is 0 Å². The van der Waals surface area contributed by atoms with Crippen LogP contribution in [0.25, 0.3) is 10.9 Å². The van der Waals surface area contributed by atoms with Crippen LogP contribution in [0.3, 0.4) is 0 Å². The summed E-state index contributed by atoms with van der Waals surface area (Å²) in [6.07, 6.45) is 0.532. The van der Waals surface area contributed by atoms with E-state index in [1.54, 1.807) is 25.1 Å². The van der Waals surface area contributed by atoms with Crippen molar-refractivity contribution in [2.75, 3.05) is 0 Å². The number of amides is 2. The lowest BCUT2D eigenvalue weighted by Crippen LogP contribution is -2.45. The minimum atomic E-state index is -0.689. The normalized spacial score (nSPS) is 19.1. The second kappa shape index (κ2) is 4.56. The third-order valence-electron chi connectivity index (χ3n) is 3.42. The first-order valence-corrected chi connectivity index (χ1v) is 6.31. The topological polar surface area (TPSA) is 81.1 Å². The van der Waals surface area contributed by atoms with Crippen molar-refractivity contribution in [1.29, 1.82) is 0 Å². The zero-order valence-electron chi connectivity index (χ0n) is 10.8. The molecule has 0 spiro atoms. The number of hydrogen-bond donors (Lipinski definition) is 1. The van der Waals surface area contributed by atoms with Gasteiger partial charge in [-0.15, -0.1) is 0 Å². The molecule has 1 unspecified atom stereocenters. The van der Waals surface area contributed by atoms with Crippen molar-refractivity contribution in [3.05, 3.63) is 40.4 Å². The molecule has 1 N–H and O–H groups in total. The molecule has 1 aliphatic rings. The van der Waals surface area contributed by atoms with Crippen LogP contribution in [0.1, 0.15) is 24.7 Å². The van der Waals surface area contributed by atoms with Crippen molar-refractivity contribution in [2.45, 2.75) is 25.8 Å². The number of nitrogens with zero attached hydrogens (tertiary/aromatic N) is 2. The SMILES string of the molecule is Cc1nc2ccc[c]c2c(=O)n1C1CCC(=O)NC1=O. The first-order valence-electron chi connectivity index (χ1n) is 6.31. The van der Waals surface area contributed by atoms with E-state index in [9.17, 15) is 14.4 Å². The van der Waals surface area contributed by atoms with Crippen molar-refractivity contribution in [3.63, 3.8) is 0 Å². The Bertz CT molecular complexity index is 779. The molecular weight excluding hydrogens is 258 g/mol. The molecule has 2 amide bonds. The second-order valence-electron chi connectivity index (χ2n) is 4.73. The average Bonchev–Trinajstić information content (AvgIpc) is 2.41. The largest absolute Gasteiger partial charge is 0.295 e. The third kappa shape index (κ3) is 1.89. The van der Waals surface area contributed by atoms with Crippen molar-refractivity contribution < 1.29 is 9.59 Å². The number of hydrogen-bond acceptors (Lipinski definition) is 4. The summed E-state index contributed by atoms with van der Waals surface area (Å²) in [6.45, 7) is 1.68. The van der Waals surface area contributed by atoms with Crippen LogP contribution in [0.4, 0.5) is 0 Å². The summed E-state index contributed by atoms with van der Waals surface area (Å²) in [5.41, 5.74) is 0.251. The molecule has 2 heterocycles. The van der Waals surface area contributed by atoms with Crippen LogP contribution in [-0.4, -0.2) is 21.4 Å². The molecule has 0 bridgehead atoms. The minimum absolute atomic E-state index is 0.221. The van der Waals surface area contributed by atoms with E-state index in [0.717, 1.165) is 0 Å². The second-order valence-corrected chi connectivity index (χ2v) is 4.73. The Labute approximate surface area is 114 Å². The Morgan fingerprint density at radius 3 is 2.95 bits per heavy atom. The van der Waals surface area contributed by atoms with E-state index in [4.69, 9.17) is 0 Å². The molecule has 6 nitrogen and oxygen atoms in total. The lowest BCUT2D eigenvalue weighted by molar-refractivity contribution is -0.135. The number of nitrogens with one attached hydrogen (secondary N) is 1. The van der Waals surface area contributed by atoms with Crippen LogP contribution in [-0.2, 0) is 9.59 Å². The highest BCUT2D eigenvalue weighted by molar-refractivity contribution is 5.99. The zero-order valence-corrected chi connectivity index (χ0v) is 10.8. The van der Waals surface area contributed by atoms with Gasteiger partial charge in [-0.25, -0.2) is 4.98 Å². The molecule has 20 heavy (non-hydrogen) atoms. The molecule has 1 atom stereocenters. The molecule has 6 heteroatoms. The van der Waals surface area contributed by atoms with Gasteiger partial charge in [0.2, 0.25) is 11.8 Å². The van der Waals surface area contributed by atoms with E-state index in [2.05, 4.69) is 16.4 Å². The smallest absolute Gasteiger partial charge is 0.262 e. The number of aryl methyl sites for hydroxylation is 1. The van der Waals surface area contributed by atoms with Gasteiger partial charge < -0.3 is 0 Å². The Morgan fingerprint density at radius 2 is 2.20 bits per heavy atom. The molecule has 1 aliphatic heterocycles. The first-order chi connectivity index (χ1) is 9.58. The van der Waals surface area contributed by atoms with E-state index in [-0.39, 0.29) is 17.9 Å². The van der Waals surface area contributed by atoms with Gasteiger partial charge in [-0.3, -0.25) is 24.3 Å². The maximum absolute atomic E-state index is 12.5. The number of benzene rings is 1. The molecule has 3 rings (SSSR count). The van der Waals surface area contributed by atoms with E-state index >= 15 is 0 Å². The molecule has 0 aliphatic carbocycles. The summed E-state index contributed by atoms with van der Waals surface area (Å²) >= 11 is 0. The average molecular weight is 270 g/mol. The fourth-order valence-corrected chi connectivity index (χ4v) is 2.48. The predicted molar refractivity (Wildman–Crippen MR) is 71.0 cm³/mol. The maximum Gasteiger partial charge on any atom is 0.262 e. The van der Waals surface area contributed by atoms with Gasteiger partial charge in [0.1, 0.15) is 11.9 Å². The van der Waals surface area contributed by atoms with Crippen molar-refractivity contribution >= 4 is 22.7 Å². The van der Waals surface area contributed by atoms with Gasteiger partial charge >= 0.3 is 0 Å². The summed E-state index contributed by atoms with van der Waals surface area (Å²) in [7, 11) is 0. The van der Waals surface area contributed by atoms with Gasteiger partial charge in [0.05, 0.1) is 10.9 Å². The number of fused-ring (bicyclic) bond motifs is 1. The predicted octanol–water partition coefficient (Wildman–Crippen LogP) is 0.483. The standard InChI is InChI=1S/C14H12N3O3/c1-8-15-10-5-3-2-4-9(10)14(20)17(8)11-6-7-12(18)16-13(11)19/h2-3,5,11H,6-7H2,1H3,(H,16,18,19). The maximum atomic E-state index is 12.5. The Balaban J connectivity index is 2.19. The fraction of sp³-hybridized carbons (Fsp3) is 0.286. The summed E-state index contributed by atoms with van der Waals surface area (Å²) < 4.78 is 1.35. The molecule has 1 fully saturated rings.